The van der Waals surface area contributed by atoms with E-state index in [1.165, 1.54) is 6.08 Å². The lowest BCUT2D eigenvalue weighted by Crippen LogP contribution is -2.08. The number of ether oxygens (including phenoxy) is 1. The lowest BCUT2D eigenvalue weighted by Gasteiger charge is -2.05. The van der Waals surface area contributed by atoms with Gasteiger partial charge in [-0.15, -0.1) is 0 Å². The molecule has 0 aliphatic rings. The van der Waals surface area contributed by atoms with E-state index in [2.05, 4.69) is 0 Å². The normalized spacial score (nSPS) is 10.8. The van der Waals surface area contributed by atoms with Crippen LogP contribution in [0.15, 0.2) is 109 Å². The van der Waals surface area contributed by atoms with E-state index >= 15 is 0 Å². The van der Waals surface area contributed by atoms with Gasteiger partial charge >= 0.3 is 5.97 Å². The third-order valence-electron chi connectivity index (χ3n) is 4.87. The summed E-state index contributed by atoms with van der Waals surface area (Å²) < 4.78 is 5.36. The van der Waals surface area contributed by atoms with E-state index in [0.717, 1.165) is 16.7 Å². The molecular formula is C28H19ClO3. The zero-order valence-corrected chi connectivity index (χ0v) is 17.8. The van der Waals surface area contributed by atoms with Gasteiger partial charge in [0.25, 0.3) is 0 Å². The summed E-state index contributed by atoms with van der Waals surface area (Å²) in [6.07, 6.45) is 3.27. The first-order valence-electron chi connectivity index (χ1n) is 10.0. The second-order valence-corrected chi connectivity index (χ2v) is 7.54. The zero-order valence-electron chi connectivity index (χ0n) is 17.1. The summed E-state index contributed by atoms with van der Waals surface area (Å²) in [5.41, 5.74) is 4.04. The number of ketones is 1. The van der Waals surface area contributed by atoms with Crippen molar-refractivity contribution in [3.63, 3.8) is 0 Å². The number of esters is 1. The highest BCUT2D eigenvalue weighted by Gasteiger charge is 2.08. The molecule has 0 aromatic heterocycles. The van der Waals surface area contributed by atoms with Crippen LogP contribution in [0.2, 0.25) is 5.02 Å². The minimum atomic E-state index is -0.459. The third kappa shape index (κ3) is 5.39. The summed E-state index contributed by atoms with van der Waals surface area (Å²) >= 11 is 5.83. The zero-order chi connectivity index (χ0) is 22.3. The van der Waals surface area contributed by atoms with E-state index in [-0.39, 0.29) is 5.78 Å². The Labute approximate surface area is 191 Å². The number of carbonyl (C=O) groups is 2. The molecule has 3 nitrogen and oxygen atoms in total. The maximum absolute atomic E-state index is 12.5. The monoisotopic (exact) mass is 438 g/mol. The average molecular weight is 439 g/mol. The molecule has 32 heavy (non-hydrogen) atoms. The van der Waals surface area contributed by atoms with Gasteiger partial charge in [0.05, 0.1) is 5.56 Å². The standard InChI is InChI=1S/C28H19ClO3/c29-25-15-13-24(14-16-25)28(31)32-26-17-6-20(7-18-26)8-19-27(30)23-11-9-22(10-12-23)21-4-2-1-3-5-21/h1-19H. The van der Waals surface area contributed by atoms with Crippen LogP contribution in [-0.2, 0) is 0 Å². The van der Waals surface area contributed by atoms with Gasteiger partial charge in [0, 0.05) is 10.6 Å². The summed E-state index contributed by atoms with van der Waals surface area (Å²) in [6.45, 7) is 0. The summed E-state index contributed by atoms with van der Waals surface area (Å²) in [6, 6.07) is 31.0. The Bertz CT molecular complexity index is 1240. The molecule has 156 valence electrons. The largest absolute Gasteiger partial charge is 0.423 e. The number of halogens is 1. The number of allylic oxidation sites excluding steroid dienone is 1. The van der Waals surface area contributed by atoms with Crippen LogP contribution in [-0.4, -0.2) is 11.8 Å². The molecule has 0 radical (unpaired) electrons. The summed E-state index contributed by atoms with van der Waals surface area (Å²) in [5, 5.41) is 0.555. The van der Waals surface area contributed by atoms with E-state index in [9.17, 15) is 9.59 Å². The highest BCUT2D eigenvalue weighted by Crippen LogP contribution is 2.20. The summed E-state index contributed by atoms with van der Waals surface area (Å²) in [4.78, 5) is 24.7. The molecule has 0 atom stereocenters. The van der Waals surface area contributed by atoms with Gasteiger partial charge in [0.1, 0.15) is 5.75 Å². The molecule has 4 heteroatoms. The minimum Gasteiger partial charge on any atom is -0.423 e. The molecule has 0 saturated heterocycles. The SMILES string of the molecule is O=C(C=Cc1ccc(OC(=O)c2ccc(Cl)cc2)cc1)c1ccc(-c2ccccc2)cc1. The van der Waals surface area contributed by atoms with Gasteiger partial charge in [0.15, 0.2) is 5.78 Å². The molecule has 4 aromatic carbocycles. The lowest BCUT2D eigenvalue weighted by molar-refractivity contribution is 0.0734. The molecule has 0 spiro atoms. The van der Waals surface area contributed by atoms with Crippen molar-refractivity contribution in [1.82, 2.24) is 0 Å². The maximum atomic E-state index is 12.5. The van der Waals surface area contributed by atoms with Gasteiger partial charge in [-0.1, -0.05) is 84.4 Å². The molecular weight excluding hydrogens is 420 g/mol. The van der Waals surface area contributed by atoms with Crippen molar-refractivity contribution in [3.05, 3.63) is 131 Å². The van der Waals surface area contributed by atoms with Crippen LogP contribution >= 0.6 is 11.6 Å². The van der Waals surface area contributed by atoms with Crippen molar-refractivity contribution < 1.29 is 14.3 Å². The molecule has 0 bridgehead atoms. The van der Waals surface area contributed by atoms with E-state index in [4.69, 9.17) is 16.3 Å². The highest BCUT2D eigenvalue weighted by atomic mass is 35.5. The fourth-order valence-corrected chi connectivity index (χ4v) is 3.25. The van der Waals surface area contributed by atoms with Crippen LogP contribution in [0.3, 0.4) is 0 Å². The summed E-state index contributed by atoms with van der Waals surface area (Å²) in [5.74, 6) is -0.119. The molecule has 0 heterocycles. The molecule has 0 N–H and O–H groups in total. The van der Waals surface area contributed by atoms with Crippen molar-refractivity contribution in [2.45, 2.75) is 0 Å². The molecule has 0 aliphatic heterocycles. The van der Waals surface area contributed by atoms with Crippen molar-refractivity contribution in [2.24, 2.45) is 0 Å². The highest BCUT2D eigenvalue weighted by molar-refractivity contribution is 6.30. The van der Waals surface area contributed by atoms with Crippen LogP contribution in [0, 0.1) is 0 Å². The number of hydrogen-bond acceptors (Lipinski definition) is 3. The Balaban J connectivity index is 1.37. The Morgan fingerprint density at radius 2 is 1.25 bits per heavy atom. The van der Waals surface area contributed by atoms with E-state index < -0.39 is 5.97 Å². The number of rotatable bonds is 6. The van der Waals surface area contributed by atoms with E-state index in [0.29, 0.717) is 21.9 Å². The number of benzene rings is 4. The van der Waals surface area contributed by atoms with Crippen LogP contribution in [0.25, 0.3) is 17.2 Å². The predicted molar refractivity (Wildman–Crippen MR) is 128 cm³/mol. The lowest BCUT2D eigenvalue weighted by atomic mass is 10.0. The molecule has 4 rings (SSSR count). The average Bonchev–Trinajstić information content (AvgIpc) is 2.84. The Morgan fingerprint density at radius 3 is 1.91 bits per heavy atom. The molecule has 0 unspecified atom stereocenters. The fraction of sp³-hybridized carbons (Fsp3) is 0. The van der Waals surface area contributed by atoms with Gasteiger partial charge in [-0.25, -0.2) is 4.79 Å². The fourth-order valence-electron chi connectivity index (χ4n) is 3.12. The molecule has 4 aromatic rings. The number of carbonyl (C=O) groups excluding carboxylic acids is 2. The Morgan fingerprint density at radius 1 is 0.656 bits per heavy atom. The van der Waals surface area contributed by atoms with Crippen LogP contribution < -0.4 is 4.74 Å². The first kappa shape index (κ1) is 21.3. The van der Waals surface area contributed by atoms with Crippen molar-refractivity contribution in [2.75, 3.05) is 0 Å². The summed E-state index contributed by atoms with van der Waals surface area (Å²) in [7, 11) is 0. The second-order valence-electron chi connectivity index (χ2n) is 7.11. The van der Waals surface area contributed by atoms with Gasteiger partial charge in [-0.05, 0) is 59.2 Å². The third-order valence-corrected chi connectivity index (χ3v) is 5.13. The first-order chi connectivity index (χ1) is 15.6. The topological polar surface area (TPSA) is 43.4 Å². The number of hydrogen-bond donors (Lipinski definition) is 0. The Kier molecular flexibility index (Phi) is 6.59. The van der Waals surface area contributed by atoms with Crippen LogP contribution in [0.5, 0.6) is 5.75 Å². The minimum absolute atomic E-state index is 0.0807. The van der Waals surface area contributed by atoms with Gasteiger partial charge in [0.2, 0.25) is 0 Å². The van der Waals surface area contributed by atoms with E-state index in [1.54, 1.807) is 54.6 Å². The quantitative estimate of drug-likeness (QED) is 0.139. The van der Waals surface area contributed by atoms with Crippen molar-refractivity contribution in [1.29, 1.82) is 0 Å². The van der Waals surface area contributed by atoms with E-state index in [1.807, 2.05) is 54.6 Å². The van der Waals surface area contributed by atoms with Gasteiger partial charge < -0.3 is 4.74 Å². The van der Waals surface area contributed by atoms with Gasteiger partial charge in [-0.2, -0.15) is 0 Å². The molecule has 0 amide bonds. The second kappa shape index (κ2) is 9.90. The maximum Gasteiger partial charge on any atom is 0.343 e. The molecule has 0 saturated carbocycles. The van der Waals surface area contributed by atoms with Crippen LogP contribution in [0.4, 0.5) is 0 Å². The van der Waals surface area contributed by atoms with Crippen LogP contribution in [0.1, 0.15) is 26.3 Å². The Hall–Kier alpha value is -3.95. The van der Waals surface area contributed by atoms with Crippen molar-refractivity contribution >= 4 is 29.4 Å². The van der Waals surface area contributed by atoms with Gasteiger partial charge in [-0.3, -0.25) is 4.79 Å². The molecule has 0 fully saturated rings. The smallest absolute Gasteiger partial charge is 0.343 e. The predicted octanol–water partition coefficient (Wildman–Crippen LogP) is 7.12. The van der Waals surface area contributed by atoms with Crippen molar-refractivity contribution in [3.8, 4) is 16.9 Å². The molecule has 0 aliphatic carbocycles. The first-order valence-corrected chi connectivity index (χ1v) is 10.4.